The molecular formula is C19H19N5S. The maximum Gasteiger partial charge on any atom is 0.135 e. The van der Waals surface area contributed by atoms with E-state index >= 15 is 0 Å². The second-order valence-electron chi connectivity index (χ2n) is 6.06. The van der Waals surface area contributed by atoms with Gasteiger partial charge >= 0.3 is 0 Å². The van der Waals surface area contributed by atoms with Gasteiger partial charge in [0.1, 0.15) is 17.0 Å². The van der Waals surface area contributed by atoms with Gasteiger partial charge in [-0.05, 0) is 19.4 Å². The summed E-state index contributed by atoms with van der Waals surface area (Å²) < 4.78 is 2.25. The zero-order chi connectivity index (χ0) is 17.4. The molecule has 0 radical (unpaired) electrons. The Balaban J connectivity index is 1.97. The average Bonchev–Trinajstić information content (AvgIpc) is 3.26. The van der Waals surface area contributed by atoms with Gasteiger partial charge in [0.2, 0.25) is 0 Å². The van der Waals surface area contributed by atoms with Crippen molar-refractivity contribution in [2.75, 3.05) is 5.73 Å². The fourth-order valence-electron chi connectivity index (χ4n) is 2.93. The van der Waals surface area contributed by atoms with Crippen molar-refractivity contribution in [1.82, 2.24) is 19.5 Å². The molecule has 0 saturated carbocycles. The van der Waals surface area contributed by atoms with E-state index in [1.54, 1.807) is 11.3 Å². The summed E-state index contributed by atoms with van der Waals surface area (Å²) in [7, 11) is 0. The largest absolute Gasteiger partial charge is 0.383 e. The molecule has 2 N–H and O–H groups in total. The number of hydrogen-bond donors (Lipinski definition) is 1. The van der Waals surface area contributed by atoms with E-state index in [4.69, 9.17) is 10.7 Å². The normalized spacial score (nSPS) is 12.6. The lowest BCUT2D eigenvalue weighted by atomic mass is 10.1. The van der Waals surface area contributed by atoms with Crippen LogP contribution < -0.4 is 5.73 Å². The molecule has 4 aromatic rings. The van der Waals surface area contributed by atoms with Gasteiger partial charge in [0.15, 0.2) is 0 Å². The SMILES string of the molecule is CCC(C)n1cnc(-c2ccccc2)c1-c1cc2c(N)ncnc2s1. The molecule has 126 valence electrons. The van der Waals surface area contributed by atoms with Crippen molar-refractivity contribution in [3.63, 3.8) is 0 Å². The molecule has 0 bridgehead atoms. The summed E-state index contributed by atoms with van der Waals surface area (Å²) in [4.78, 5) is 15.2. The van der Waals surface area contributed by atoms with E-state index < -0.39 is 0 Å². The summed E-state index contributed by atoms with van der Waals surface area (Å²) in [5.41, 5.74) is 9.24. The van der Waals surface area contributed by atoms with Crippen LogP contribution in [0.3, 0.4) is 0 Å². The van der Waals surface area contributed by atoms with E-state index in [1.807, 2.05) is 24.5 Å². The second-order valence-corrected chi connectivity index (χ2v) is 7.09. The minimum absolute atomic E-state index is 0.355. The predicted octanol–water partition coefficient (Wildman–Crippen LogP) is 4.78. The Bertz CT molecular complexity index is 1020. The van der Waals surface area contributed by atoms with Gasteiger partial charge in [0, 0.05) is 11.6 Å². The number of benzene rings is 1. The van der Waals surface area contributed by atoms with Crippen molar-refractivity contribution >= 4 is 27.4 Å². The lowest BCUT2D eigenvalue weighted by molar-refractivity contribution is 0.535. The van der Waals surface area contributed by atoms with E-state index in [-0.39, 0.29) is 0 Å². The van der Waals surface area contributed by atoms with Crippen LogP contribution in [0.5, 0.6) is 0 Å². The zero-order valence-electron chi connectivity index (χ0n) is 14.2. The molecule has 0 aliphatic heterocycles. The first-order chi connectivity index (χ1) is 12.2. The Hall–Kier alpha value is -2.73. The Morgan fingerprint density at radius 2 is 1.96 bits per heavy atom. The van der Waals surface area contributed by atoms with Crippen molar-refractivity contribution in [3.8, 4) is 21.8 Å². The summed E-state index contributed by atoms with van der Waals surface area (Å²) in [5, 5.41) is 0.901. The molecule has 25 heavy (non-hydrogen) atoms. The predicted molar refractivity (Wildman–Crippen MR) is 103 cm³/mol. The molecule has 0 fully saturated rings. The van der Waals surface area contributed by atoms with Crippen molar-refractivity contribution in [1.29, 1.82) is 0 Å². The van der Waals surface area contributed by atoms with Crippen LogP contribution in [-0.2, 0) is 0 Å². The van der Waals surface area contributed by atoms with Crippen molar-refractivity contribution in [3.05, 3.63) is 49.1 Å². The Labute approximate surface area is 150 Å². The van der Waals surface area contributed by atoms with Gasteiger partial charge in [-0.15, -0.1) is 11.3 Å². The maximum absolute atomic E-state index is 6.03. The third-order valence-electron chi connectivity index (χ3n) is 4.50. The molecule has 5 nitrogen and oxygen atoms in total. The van der Waals surface area contributed by atoms with Crippen LogP contribution in [0.1, 0.15) is 26.3 Å². The van der Waals surface area contributed by atoms with Crippen LogP contribution in [0.15, 0.2) is 49.1 Å². The number of nitrogens with zero attached hydrogens (tertiary/aromatic N) is 4. The zero-order valence-corrected chi connectivity index (χ0v) is 15.0. The van der Waals surface area contributed by atoms with Crippen LogP contribution >= 0.6 is 11.3 Å². The number of thiophene rings is 1. The lowest BCUT2D eigenvalue weighted by Crippen LogP contribution is -2.03. The van der Waals surface area contributed by atoms with Crippen LogP contribution in [0.4, 0.5) is 5.82 Å². The van der Waals surface area contributed by atoms with Crippen LogP contribution in [0.2, 0.25) is 0 Å². The van der Waals surface area contributed by atoms with Gasteiger partial charge in [-0.25, -0.2) is 15.0 Å². The van der Waals surface area contributed by atoms with Gasteiger partial charge in [0.05, 0.1) is 28.0 Å². The topological polar surface area (TPSA) is 69.6 Å². The van der Waals surface area contributed by atoms with Gasteiger partial charge in [-0.1, -0.05) is 37.3 Å². The number of aromatic nitrogens is 4. The molecule has 0 saturated heterocycles. The molecule has 0 aliphatic carbocycles. The molecule has 3 heterocycles. The number of nitrogen functional groups attached to an aromatic ring is 1. The van der Waals surface area contributed by atoms with Gasteiger partial charge in [-0.3, -0.25) is 0 Å². The summed E-state index contributed by atoms with van der Waals surface area (Å²) in [5.74, 6) is 0.517. The molecular weight excluding hydrogens is 330 g/mol. The monoisotopic (exact) mass is 349 g/mol. The molecule has 0 aliphatic rings. The highest BCUT2D eigenvalue weighted by atomic mass is 32.1. The summed E-state index contributed by atoms with van der Waals surface area (Å²) in [6.07, 6.45) is 4.48. The van der Waals surface area contributed by atoms with E-state index in [2.05, 4.69) is 46.6 Å². The quantitative estimate of drug-likeness (QED) is 0.576. The molecule has 3 aromatic heterocycles. The molecule has 4 rings (SSSR count). The summed E-state index contributed by atoms with van der Waals surface area (Å²) in [6, 6.07) is 12.7. The van der Waals surface area contributed by atoms with Gasteiger partial charge in [-0.2, -0.15) is 0 Å². The molecule has 1 aromatic carbocycles. The minimum Gasteiger partial charge on any atom is -0.383 e. The summed E-state index contributed by atoms with van der Waals surface area (Å²) in [6.45, 7) is 4.40. The Kier molecular flexibility index (Phi) is 3.97. The van der Waals surface area contributed by atoms with Crippen LogP contribution in [-0.4, -0.2) is 19.5 Å². The van der Waals surface area contributed by atoms with Gasteiger partial charge in [0.25, 0.3) is 0 Å². The Morgan fingerprint density at radius 3 is 2.68 bits per heavy atom. The number of imidazole rings is 1. The van der Waals surface area contributed by atoms with Gasteiger partial charge < -0.3 is 10.3 Å². The van der Waals surface area contributed by atoms with E-state index in [9.17, 15) is 0 Å². The molecule has 1 unspecified atom stereocenters. The summed E-state index contributed by atoms with van der Waals surface area (Å²) >= 11 is 1.63. The highest BCUT2D eigenvalue weighted by Crippen LogP contribution is 2.40. The first kappa shape index (κ1) is 15.8. The van der Waals surface area contributed by atoms with Crippen molar-refractivity contribution in [2.45, 2.75) is 26.3 Å². The highest BCUT2D eigenvalue weighted by Gasteiger charge is 2.20. The van der Waals surface area contributed by atoms with Crippen LogP contribution in [0.25, 0.3) is 32.0 Å². The third kappa shape index (κ3) is 2.68. The molecule has 0 amide bonds. The molecule has 6 heteroatoms. The molecule has 1 atom stereocenters. The number of rotatable bonds is 4. The fraction of sp³-hybridized carbons (Fsp3) is 0.211. The molecule has 0 spiro atoms. The standard InChI is InChI=1S/C19H19N5S/c1-3-12(2)24-11-23-16(13-7-5-4-6-8-13)17(24)15-9-14-18(20)21-10-22-19(14)25-15/h4-12H,3H2,1-2H3,(H2,20,21,22). The van der Waals surface area contributed by atoms with Crippen molar-refractivity contribution in [2.24, 2.45) is 0 Å². The van der Waals surface area contributed by atoms with E-state index in [1.165, 1.54) is 6.33 Å². The number of anilines is 1. The number of nitrogens with two attached hydrogens (primary N) is 1. The van der Waals surface area contributed by atoms with E-state index in [0.29, 0.717) is 11.9 Å². The smallest absolute Gasteiger partial charge is 0.135 e. The number of hydrogen-bond acceptors (Lipinski definition) is 5. The second kappa shape index (κ2) is 6.29. The fourth-order valence-corrected chi connectivity index (χ4v) is 3.99. The van der Waals surface area contributed by atoms with E-state index in [0.717, 1.165) is 38.5 Å². The third-order valence-corrected chi connectivity index (χ3v) is 5.55. The first-order valence-electron chi connectivity index (χ1n) is 8.31. The Morgan fingerprint density at radius 1 is 1.16 bits per heavy atom. The van der Waals surface area contributed by atoms with Crippen LogP contribution in [0, 0.1) is 0 Å². The average molecular weight is 349 g/mol. The first-order valence-corrected chi connectivity index (χ1v) is 9.13. The van der Waals surface area contributed by atoms with Crippen molar-refractivity contribution < 1.29 is 0 Å². The number of fused-ring (bicyclic) bond motifs is 1. The lowest BCUT2D eigenvalue weighted by Gasteiger charge is -2.14. The minimum atomic E-state index is 0.355. The maximum atomic E-state index is 6.03. The highest BCUT2D eigenvalue weighted by molar-refractivity contribution is 7.21.